The zero-order valence-corrected chi connectivity index (χ0v) is 12.5. The fourth-order valence-electron chi connectivity index (χ4n) is 2.17. The molecule has 2 heteroatoms. The highest BCUT2D eigenvalue weighted by atomic mass is 35.5. The molecule has 2 N–H and O–H groups in total. The average Bonchev–Trinajstić information content (AvgIpc) is 2.36. The van der Waals surface area contributed by atoms with Crippen molar-refractivity contribution >= 4 is 11.6 Å². The summed E-state index contributed by atoms with van der Waals surface area (Å²) in [5.41, 5.74) is 12.3. The molecule has 0 saturated carbocycles. The minimum Gasteiger partial charge on any atom is -0.324 e. The van der Waals surface area contributed by atoms with Gasteiger partial charge in [-0.05, 0) is 61.1 Å². The summed E-state index contributed by atoms with van der Waals surface area (Å²) in [5.74, 6) is 0. The molecule has 0 bridgehead atoms. The molecule has 0 saturated heterocycles. The van der Waals surface area contributed by atoms with Gasteiger partial charge in [0.05, 0.1) is 0 Å². The monoisotopic (exact) mass is 273 g/mol. The second-order valence-corrected chi connectivity index (χ2v) is 5.66. The fourth-order valence-corrected chi connectivity index (χ4v) is 2.48. The third kappa shape index (κ3) is 3.37. The first-order valence-corrected chi connectivity index (χ1v) is 6.93. The second kappa shape index (κ2) is 5.77. The molecule has 0 radical (unpaired) electrons. The smallest absolute Gasteiger partial charge is 0.0441 e. The number of halogens is 1. The van der Waals surface area contributed by atoms with Crippen molar-refractivity contribution < 1.29 is 0 Å². The number of rotatable bonds is 3. The predicted octanol–water partition coefficient (Wildman–Crippen LogP) is 4.51. The molecule has 0 aromatic heterocycles. The molecular weight excluding hydrogens is 254 g/mol. The topological polar surface area (TPSA) is 26.0 Å². The van der Waals surface area contributed by atoms with Gasteiger partial charge < -0.3 is 5.73 Å². The van der Waals surface area contributed by atoms with Crippen molar-refractivity contribution in [2.75, 3.05) is 0 Å². The number of benzene rings is 2. The Bertz CT molecular complexity index is 590. The lowest BCUT2D eigenvalue weighted by Gasteiger charge is -2.15. The molecule has 100 valence electrons. The minimum absolute atomic E-state index is 0.0143. The van der Waals surface area contributed by atoms with E-state index in [2.05, 4.69) is 44.2 Å². The summed E-state index contributed by atoms with van der Waals surface area (Å²) in [6.45, 7) is 6.27. The molecule has 2 aromatic rings. The van der Waals surface area contributed by atoms with E-state index in [0.29, 0.717) is 0 Å². The van der Waals surface area contributed by atoms with Crippen LogP contribution in [0.4, 0.5) is 0 Å². The summed E-state index contributed by atoms with van der Waals surface area (Å²) in [6.07, 6.45) is 0.765. The molecule has 0 aliphatic carbocycles. The van der Waals surface area contributed by atoms with Gasteiger partial charge in [0.15, 0.2) is 0 Å². The Morgan fingerprint density at radius 1 is 1.00 bits per heavy atom. The maximum Gasteiger partial charge on any atom is 0.0441 e. The maximum absolute atomic E-state index is 6.29. The van der Waals surface area contributed by atoms with E-state index in [1.807, 2.05) is 13.0 Å². The van der Waals surface area contributed by atoms with Crippen molar-refractivity contribution in [3.05, 3.63) is 69.2 Å². The summed E-state index contributed by atoms with van der Waals surface area (Å²) in [7, 11) is 0. The van der Waals surface area contributed by atoms with Crippen molar-refractivity contribution in [2.24, 2.45) is 5.73 Å². The van der Waals surface area contributed by atoms with Crippen LogP contribution in [0.1, 0.15) is 33.9 Å². The van der Waals surface area contributed by atoms with Gasteiger partial charge in [0.1, 0.15) is 0 Å². The third-order valence-corrected chi connectivity index (χ3v) is 3.96. The lowest BCUT2D eigenvalue weighted by atomic mass is 9.96. The van der Waals surface area contributed by atoms with Crippen LogP contribution in [0, 0.1) is 20.8 Å². The Hall–Kier alpha value is -1.31. The van der Waals surface area contributed by atoms with E-state index in [1.165, 1.54) is 22.3 Å². The first-order chi connectivity index (χ1) is 8.97. The van der Waals surface area contributed by atoms with Gasteiger partial charge >= 0.3 is 0 Å². The fraction of sp³-hybridized carbons (Fsp3) is 0.294. The molecule has 0 heterocycles. The Balaban J connectivity index is 2.20. The van der Waals surface area contributed by atoms with E-state index < -0.39 is 0 Å². The van der Waals surface area contributed by atoms with Gasteiger partial charge in [-0.3, -0.25) is 0 Å². The molecule has 1 nitrogen and oxygen atoms in total. The molecule has 19 heavy (non-hydrogen) atoms. The number of hydrogen-bond acceptors (Lipinski definition) is 1. The summed E-state index contributed by atoms with van der Waals surface area (Å²) in [4.78, 5) is 0. The standard InChI is InChI=1S/C17H20ClN/c1-11-4-6-14(16(18)8-11)10-17(19)15-7-5-12(2)13(3)9-15/h4-9,17H,10,19H2,1-3H3. The van der Waals surface area contributed by atoms with Gasteiger partial charge in [0, 0.05) is 11.1 Å². The summed E-state index contributed by atoms with van der Waals surface area (Å²) >= 11 is 6.26. The van der Waals surface area contributed by atoms with E-state index >= 15 is 0 Å². The average molecular weight is 274 g/mol. The molecular formula is C17H20ClN. The van der Waals surface area contributed by atoms with Crippen LogP contribution in [0.25, 0.3) is 0 Å². The van der Waals surface area contributed by atoms with Crippen LogP contribution in [0.5, 0.6) is 0 Å². The lowest BCUT2D eigenvalue weighted by molar-refractivity contribution is 0.721. The van der Waals surface area contributed by atoms with Crippen LogP contribution in [0.2, 0.25) is 5.02 Å². The zero-order valence-electron chi connectivity index (χ0n) is 11.7. The largest absolute Gasteiger partial charge is 0.324 e. The Morgan fingerprint density at radius 2 is 1.74 bits per heavy atom. The highest BCUT2D eigenvalue weighted by molar-refractivity contribution is 6.31. The van der Waals surface area contributed by atoms with E-state index in [-0.39, 0.29) is 6.04 Å². The normalized spacial score (nSPS) is 12.5. The van der Waals surface area contributed by atoms with Crippen LogP contribution in [0.15, 0.2) is 36.4 Å². The van der Waals surface area contributed by atoms with Gasteiger partial charge in [-0.1, -0.05) is 41.9 Å². The molecule has 0 spiro atoms. The van der Waals surface area contributed by atoms with Crippen LogP contribution in [-0.4, -0.2) is 0 Å². The third-order valence-electron chi connectivity index (χ3n) is 3.61. The highest BCUT2D eigenvalue weighted by Gasteiger charge is 2.10. The Morgan fingerprint density at radius 3 is 2.37 bits per heavy atom. The minimum atomic E-state index is -0.0143. The lowest BCUT2D eigenvalue weighted by Crippen LogP contribution is -2.14. The molecule has 1 unspecified atom stereocenters. The maximum atomic E-state index is 6.29. The van der Waals surface area contributed by atoms with Crippen LogP contribution >= 0.6 is 11.6 Å². The van der Waals surface area contributed by atoms with E-state index in [4.69, 9.17) is 17.3 Å². The Kier molecular flexibility index (Phi) is 4.28. The van der Waals surface area contributed by atoms with Crippen molar-refractivity contribution in [3.8, 4) is 0 Å². The zero-order chi connectivity index (χ0) is 14.0. The second-order valence-electron chi connectivity index (χ2n) is 5.25. The molecule has 1 atom stereocenters. The SMILES string of the molecule is Cc1ccc(CC(N)c2ccc(C)c(C)c2)c(Cl)c1. The van der Waals surface area contributed by atoms with Gasteiger partial charge in [0.2, 0.25) is 0 Å². The van der Waals surface area contributed by atoms with E-state index in [9.17, 15) is 0 Å². The molecule has 0 fully saturated rings. The van der Waals surface area contributed by atoms with Crippen molar-refractivity contribution in [3.63, 3.8) is 0 Å². The van der Waals surface area contributed by atoms with Crippen LogP contribution in [-0.2, 0) is 6.42 Å². The first kappa shape index (κ1) is 14.1. The van der Waals surface area contributed by atoms with Crippen LogP contribution in [0.3, 0.4) is 0 Å². The Labute approximate surface area is 120 Å². The van der Waals surface area contributed by atoms with Gasteiger partial charge in [-0.2, -0.15) is 0 Å². The summed E-state index contributed by atoms with van der Waals surface area (Å²) < 4.78 is 0. The van der Waals surface area contributed by atoms with Gasteiger partial charge in [-0.15, -0.1) is 0 Å². The summed E-state index contributed by atoms with van der Waals surface area (Å²) in [6, 6.07) is 12.5. The van der Waals surface area contributed by atoms with Crippen molar-refractivity contribution in [1.29, 1.82) is 0 Å². The van der Waals surface area contributed by atoms with Crippen molar-refractivity contribution in [2.45, 2.75) is 33.2 Å². The molecule has 0 aliphatic heterocycles. The number of hydrogen-bond donors (Lipinski definition) is 1. The van der Waals surface area contributed by atoms with Crippen LogP contribution < -0.4 is 5.73 Å². The predicted molar refractivity (Wildman–Crippen MR) is 82.7 cm³/mol. The molecule has 0 amide bonds. The number of nitrogens with two attached hydrogens (primary N) is 1. The van der Waals surface area contributed by atoms with Gasteiger partial charge in [0.25, 0.3) is 0 Å². The molecule has 2 rings (SSSR count). The number of aryl methyl sites for hydroxylation is 3. The molecule has 2 aromatic carbocycles. The van der Waals surface area contributed by atoms with E-state index in [0.717, 1.165) is 17.0 Å². The highest BCUT2D eigenvalue weighted by Crippen LogP contribution is 2.24. The quantitative estimate of drug-likeness (QED) is 0.875. The van der Waals surface area contributed by atoms with Gasteiger partial charge in [-0.25, -0.2) is 0 Å². The first-order valence-electron chi connectivity index (χ1n) is 6.55. The van der Waals surface area contributed by atoms with Crippen molar-refractivity contribution in [1.82, 2.24) is 0 Å². The molecule has 0 aliphatic rings. The summed E-state index contributed by atoms with van der Waals surface area (Å²) in [5, 5.41) is 0.805. The van der Waals surface area contributed by atoms with E-state index in [1.54, 1.807) is 0 Å².